The van der Waals surface area contributed by atoms with Gasteiger partial charge >= 0.3 is 5.97 Å². The molecule has 6 nitrogen and oxygen atoms in total. The Morgan fingerprint density at radius 1 is 1.19 bits per heavy atom. The van der Waals surface area contributed by atoms with Crippen molar-refractivity contribution in [1.82, 2.24) is 9.44 Å². The number of methoxy groups -OCH3 is 1. The van der Waals surface area contributed by atoms with Gasteiger partial charge in [-0.25, -0.2) is 9.44 Å². The van der Waals surface area contributed by atoms with E-state index in [0.29, 0.717) is 25.9 Å². The summed E-state index contributed by atoms with van der Waals surface area (Å²) >= 11 is 0. The Labute approximate surface area is 96.9 Å². The molecule has 16 heavy (non-hydrogen) atoms. The molecule has 0 saturated carbocycles. The van der Waals surface area contributed by atoms with Gasteiger partial charge in [0.05, 0.1) is 7.11 Å². The van der Waals surface area contributed by atoms with Crippen LogP contribution in [0.3, 0.4) is 0 Å². The molecule has 0 rings (SSSR count). The van der Waals surface area contributed by atoms with Crippen molar-refractivity contribution in [3.63, 3.8) is 0 Å². The number of rotatable bonds is 9. The van der Waals surface area contributed by atoms with Gasteiger partial charge in [-0.3, -0.25) is 4.79 Å². The van der Waals surface area contributed by atoms with Crippen molar-refractivity contribution < 1.29 is 17.9 Å². The second-order valence-electron chi connectivity index (χ2n) is 3.28. The standard InChI is InChI=1S/C9H20N2O4S/c1-3-10-16(13,14)11-8-6-4-5-7-9(12)15-2/h10-11H,3-8H2,1-2H3. The van der Waals surface area contributed by atoms with Gasteiger partial charge in [0.15, 0.2) is 0 Å². The maximum absolute atomic E-state index is 11.1. The molecule has 0 aromatic rings. The van der Waals surface area contributed by atoms with Crippen LogP contribution < -0.4 is 9.44 Å². The Morgan fingerprint density at radius 2 is 1.88 bits per heavy atom. The molecule has 2 N–H and O–H groups in total. The van der Waals surface area contributed by atoms with E-state index in [4.69, 9.17) is 0 Å². The largest absolute Gasteiger partial charge is 0.469 e. The van der Waals surface area contributed by atoms with Crippen molar-refractivity contribution in [1.29, 1.82) is 0 Å². The predicted octanol–water partition coefficient (Wildman–Crippen LogP) is 0.164. The summed E-state index contributed by atoms with van der Waals surface area (Å²) in [6, 6.07) is 0. The van der Waals surface area contributed by atoms with Crippen LogP contribution >= 0.6 is 0 Å². The summed E-state index contributed by atoms with van der Waals surface area (Å²) in [6.45, 7) is 2.48. The second-order valence-corrected chi connectivity index (χ2v) is 4.87. The highest BCUT2D eigenvalue weighted by Gasteiger charge is 2.05. The number of unbranched alkanes of at least 4 members (excludes halogenated alkanes) is 2. The molecular weight excluding hydrogens is 232 g/mol. The van der Waals surface area contributed by atoms with Crippen LogP contribution in [-0.4, -0.2) is 34.6 Å². The highest BCUT2D eigenvalue weighted by molar-refractivity contribution is 7.87. The predicted molar refractivity (Wildman–Crippen MR) is 61.1 cm³/mol. The maximum atomic E-state index is 11.1. The third kappa shape index (κ3) is 8.63. The fourth-order valence-electron chi connectivity index (χ4n) is 1.12. The van der Waals surface area contributed by atoms with E-state index in [0.717, 1.165) is 12.8 Å². The monoisotopic (exact) mass is 252 g/mol. The molecule has 0 saturated heterocycles. The molecule has 0 fully saturated rings. The van der Waals surface area contributed by atoms with Gasteiger partial charge in [-0.1, -0.05) is 13.3 Å². The molecule has 0 atom stereocenters. The number of carbonyl (C=O) groups is 1. The second kappa shape index (κ2) is 8.49. The minimum atomic E-state index is -3.33. The van der Waals surface area contributed by atoms with E-state index < -0.39 is 10.2 Å². The molecule has 0 unspecified atom stereocenters. The zero-order valence-corrected chi connectivity index (χ0v) is 10.6. The highest BCUT2D eigenvalue weighted by Crippen LogP contribution is 2.00. The number of hydrogen-bond acceptors (Lipinski definition) is 4. The number of hydrogen-bond donors (Lipinski definition) is 2. The smallest absolute Gasteiger partial charge is 0.305 e. The van der Waals surface area contributed by atoms with Crippen molar-refractivity contribution >= 4 is 16.2 Å². The van der Waals surface area contributed by atoms with E-state index in [1.165, 1.54) is 7.11 Å². The van der Waals surface area contributed by atoms with Crippen LogP contribution in [0.5, 0.6) is 0 Å². The van der Waals surface area contributed by atoms with Crippen molar-refractivity contribution in [2.45, 2.75) is 32.6 Å². The van der Waals surface area contributed by atoms with Gasteiger partial charge in [-0.2, -0.15) is 8.42 Å². The van der Waals surface area contributed by atoms with E-state index in [2.05, 4.69) is 14.2 Å². The third-order valence-electron chi connectivity index (χ3n) is 1.91. The lowest BCUT2D eigenvalue weighted by Gasteiger charge is -2.05. The third-order valence-corrected chi connectivity index (χ3v) is 3.16. The van der Waals surface area contributed by atoms with E-state index in [1.54, 1.807) is 6.92 Å². The topological polar surface area (TPSA) is 84.5 Å². The Kier molecular flexibility index (Phi) is 8.14. The lowest BCUT2D eigenvalue weighted by molar-refractivity contribution is -0.140. The lowest BCUT2D eigenvalue weighted by atomic mass is 10.2. The summed E-state index contributed by atoms with van der Waals surface area (Å²) in [5.41, 5.74) is 0. The van der Waals surface area contributed by atoms with Crippen LogP contribution in [0.1, 0.15) is 32.6 Å². The Hall–Kier alpha value is -0.660. The average molecular weight is 252 g/mol. The van der Waals surface area contributed by atoms with Crippen LogP contribution in [0.15, 0.2) is 0 Å². The molecule has 0 aliphatic rings. The van der Waals surface area contributed by atoms with Gasteiger partial charge in [0.2, 0.25) is 0 Å². The normalized spacial score (nSPS) is 11.4. The number of esters is 1. The maximum Gasteiger partial charge on any atom is 0.305 e. The van der Waals surface area contributed by atoms with Gasteiger partial charge in [-0.15, -0.1) is 0 Å². The van der Waals surface area contributed by atoms with Gasteiger partial charge in [-0.05, 0) is 12.8 Å². The molecule has 0 heterocycles. The Balaban J connectivity index is 3.44. The molecule has 0 radical (unpaired) electrons. The van der Waals surface area contributed by atoms with E-state index >= 15 is 0 Å². The molecule has 0 spiro atoms. The summed E-state index contributed by atoms with van der Waals surface area (Å²) in [6.07, 6.45) is 2.61. The first-order chi connectivity index (χ1) is 7.52. The highest BCUT2D eigenvalue weighted by atomic mass is 32.2. The minimum Gasteiger partial charge on any atom is -0.469 e. The van der Waals surface area contributed by atoms with Crippen molar-refractivity contribution in [2.24, 2.45) is 0 Å². The van der Waals surface area contributed by atoms with E-state index in [1.807, 2.05) is 0 Å². The molecule has 7 heteroatoms. The summed E-state index contributed by atoms with van der Waals surface area (Å²) in [4.78, 5) is 10.7. The molecular formula is C9H20N2O4S. The van der Waals surface area contributed by atoms with Gasteiger partial charge in [0, 0.05) is 19.5 Å². The fraction of sp³-hybridized carbons (Fsp3) is 0.889. The van der Waals surface area contributed by atoms with Crippen molar-refractivity contribution in [3.05, 3.63) is 0 Å². The van der Waals surface area contributed by atoms with Gasteiger partial charge < -0.3 is 4.74 Å². The molecule has 0 aliphatic heterocycles. The van der Waals surface area contributed by atoms with E-state index in [-0.39, 0.29) is 5.97 Å². The number of carbonyl (C=O) groups excluding carboxylic acids is 1. The molecule has 0 aromatic heterocycles. The van der Waals surface area contributed by atoms with Crippen LogP contribution in [-0.2, 0) is 19.7 Å². The van der Waals surface area contributed by atoms with Gasteiger partial charge in [0.1, 0.15) is 0 Å². The average Bonchev–Trinajstić information content (AvgIpc) is 2.22. The summed E-state index contributed by atoms with van der Waals surface area (Å²) in [5, 5.41) is 0. The van der Waals surface area contributed by atoms with Crippen molar-refractivity contribution in [2.75, 3.05) is 20.2 Å². The molecule has 0 bridgehead atoms. The minimum absolute atomic E-state index is 0.228. The summed E-state index contributed by atoms with van der Waals surface area (Å²) < 4.78 is 31.5. The zero-order chi connectivity index (χ0) is 12.4. The Morgan fingerprint density at radius 3 is 2.44 bits per heavy atom. The van der Waals surface area contributed by atoms with Crippen LogP contribution in [0, 0.1) is 0 Å². The first-order valence-corrected chi connectivity index (χ1v) is 6.81. The lowest BCUT2D eigenvalue weighted by Crippen LogP contribution is -2.36. The molecule has 96 valence electrons. The SMILES string of the molecule is CCNS(=O)(=O)NCCCCCC(=O)OC. The first-order valence-electron chi connectivity index (χ1n) is 5.33. The fourth-order valence-corrected chi connectivity index (χ4v) is 2.02. The van der Waals surface area contributed by atoms with Crippen molar-refractivity contribution in [3.8, 4) is 0 Å². The van der Waals surface area contributed by atoms with Gasteiger partial charge in [0.25, 0.3) is 10.2 Å². The molecule has 0 aliphatic carbocycles. The molecule has 0 amide bonds. The van der Waals surface area contributed by atoms with E-state index in [9.17, 15) is 13.2 Å². The Bertz CT molecular complexity index is 290. The number of ether oxygens (including phenoxy) is 1. The summed E-state index contributed by atoms with van der Waals surface area (Å²) in [5.74, 6) is -0.228. The number of nitrogens with one attached hydrogen (secondary N) is 2. The first kappa shape index (κ1) is 15.3. The summed E-state index contributed by atoms with van der Waals surface area (Å²) in [7, 11) is -1.98. The van der Waals surface area contributed by atoms with Crippen LogP contribution in [0.2, 0.25) is 0 Å². The zero-order valence-electron chi connectivity index (χ0n) is 9.78. The molecule has 0 aromatic carbocycles. The quantitative estimate of drug-likeness (QED) is 0.452. The van der Waals surface area contributed by atoms with Crippen LogP contribution in [0.4, 0.5) is 0 Å². The van der Waals surface area contributed by atoms with Crippen LogP contribution in [0.25, 0.3) is 0 Å².